The summed E-state index contributed by atoms with van der Waals surface area (Å²) in [5, 5.41) is 2.39. The minimum absolute atomic E-state index is 0.105. The van der Waals surface area contributed by atoms with Crippen LogP contribution in [0.3, 0.4) is 0 Å². The lowest BCUT2D eigenvalue weighted by atomic mass is 10.0. The Morgan fingerprint density at radius 1 is 0.920 bits per heavy atom. The fraction of sp³-hybridized carbons (Fsp3) is 0.467. The molecule has 0 spiro atoms. The minimum atomic E-state index is -5.09. The highest BCUT2D eigenvalue weighted by atomic mass is 19.4. The lowest BCUT2D eigenvalue weighted by Crippen LogP contribution is -2.39. The van der Waals surface area contributed by atoms with Crippen molar-refractivity contribution in [2.75, 3.05) is 0 Å². The van der Waals surface area contributed by atoms with Gasteiger partial charge in [-0.3, -0.25) is 4.79 Å². The van der Waals surface area contributed by atoms with Crippen molar-refractivity contribution in [1.82, 2.24) is 5.32 Å². The van der Waals surface area contributed by atoms with Crippen LogP contribution in [0, 0.1) is 0 Å². The number of rotatable bonds is 4. The van der Waals surface area contributed by atoms with E-state index in [2.05, 4.69) is 10.1 Å². The van der Waals surface area contributed by atoms with Crippen LogP contribution in [0.15, 0.2) is 18.2 Å². The number of carbonyl (C=O) groups is 2. The van der Waals surface area contributed by atoms with E-state index in [1.807, 2.05) is 0 Å². The van der Waals surface area contributed by atoms with Gasteiger partial charge in [0.2, 0.25) is 0 Å². The number of halogens is 6. The number of ether oxygens (including phenoxy) is 1. The summed E-state index contributed by atoms with van der Waals surface area (Å²) in [6, 6.07) is 0.0834. The van der Waals surface area contributed by atoms with Crippen LogP contribution in [0.1, 0.15) is 42.3 Å². The maximum absolute atomic E-state index is 12.8. The van der Waals surface area contributed by atoms with E-state index in [1.54, 1.807) is 13.8 Å². The van der Waals surface area contributed by atoms with Gasteiger partial charge in [0.25, 0.3) is 5.91 Å². The molecule has 1 atom stereocenters. The molecule has 1 amide bonds. The lowest BCUT2D eigenvalue weighted by molar-refractivity contribution is -0.143. The molecule has 0 heterocycles. The molecule has 0 radical (unpaired) electrons. The highest BCUT2D eigenvalue weighted by molar-refractivity contribution is 5.92. The molecule has 1 N–H and O–H groups in total. The van der Waals surface area contributed by atoms with E-state index in [0.29, 0.717) is 0 Å². The quantitative estimate of drug-likeness (QED) is 0.647. The number of carbonyl (C=O) groups excluding carboxylic acids is 2. The monoisotopic (exact) mass is 371 g/mol. The van der Waals surface area contributed by atoms with Crippen LogP contribution in [-0.4, -0.2) is 24.0 Å². The van der Waals surface area contributed by atoms with Gasteiger partial charge in [0.05, 0.1) is 16.7 Å². The zero-order chi connectivity index (χ0) is 19.6. The minimum Gasteiger partial charge on any atom is -0.449 e. The Balaban J connectivity index is 3.14. The fourth-order valence-corrected chi connectivity index (χ4v) is 1.76. The average molecular weight is 371 g/mol. The van der Waals surface area contributed by atoms with E-state index in [4.69, 9.17) is 0 Å². The molecular formula is C15H15F6NO3. The summed E-state index contributed by atoms with van der Waals surface area (Å²) < 4.78 is 81.1. The summed E-state index contributed by atoms with van der Waals surface area (Å²) in [6.07, 6.45) is -11.6. The maximum Gasteiger partial charge on any atom is 0.416 e. The first-order valence-electron chi connectivity index (χ1n) is 7.02. The number of alkyl halides is 6. The van der Waals surface area contributed by atoms with Crippen LogP contribution in [0.2, 0.25) is 0 Å². The first-order valence-corrected chi connectivity index (χ1v) is 7.02. The van der Waals surface area contributed by atoms with Crippen LogP contribution >= 0.6 is 0 Å². The molecule has 0 saturated heterocycles. The Kier molecular flexibility index (Phi) is 6.09. The molecule has 1 aromatic carbocycles. The van der Waals surface area contributed by atoms with Crippen LogP contribution in [0.4, 0.5) is 26.3 Å². The van der Waals surface area contributed by atoms with E-state index in [9.17, 15) is 35.9 Å². The Bertz CT molecular complexity index is 619. The van der Waals surface area contributed by atoms with Crippen LogP contribution < -0.4 is 5.32 Å². The Morgan fingerprint density at radius 3 is 1.72 bits per heavy atom. The second-order valence-corrected chi connectivity index (χ2v) is 5.51. The van der Waals surface area contributed by atoms with Gasteiger partial charge < -0.3 is 10.1 Å². The zero-order valence-corrected chi connectivity index (χ0v) is 13.4. The zero-order valence-electron chi connectivity index (χ0n) is 13.4. The lowest BCUT2D eigenvalue weighted by Gasteiger charge is -2.17. The van der Waals surface area contributed by atoms with Crippen molar-refractivity contribution < 1.29 is 40.7 Å². The van der Waals surface area contributed by atoms with E-state index in [0.717, 1.165) is 6.92 Å². The highest BCUT2D eigenvalue weighted by Crippen LogP contribution is 2.36. The van der Waals surface area contributed by atoms with Crippen LogP contribution in [0.25, 0.3) is 0 Å². The summed E-state index contributed by atoms with van der Waals surface area (Å²) in [5.41, 5.74) is -4.24. The number of benzene rings is 1. The Hall–Kier alpha value is -2.26. The summed E-state index contributed by atoms with van der Waals surface area (Å²) in [5.74, 6) is -2.20. The maximum atomic E-state index is 12.8. The van der Waals surface area contributed by atoms with E-state index >= 15 is 0 Å². The molecule has 25 heavy (non-hydrogen) atoms. The first kappa shape index (κ1) is 20.8. The molecule has 0 aliphatic rings. The van der Waals surface area contributed by atoms with Gasteiger partial charge in [-0.2, -0.15) is 26.3 Å². The van der Waals surface area contributed by atoms with Gasteiger partial charge in [-0.05, 0) is 39.0 Å². The molecule has 0 saturated carbocycles. The van der Waals surface area contributed by atoms with E-state index in [1.165, 1.54) is 0 Å². The Morgan fingerprint density at radius 2 is 1.36 bits per heavy atom. The number of esters is 1. The van der Waals surface area contributed by atoms with Crippen molar-refractivity contribution in [3.8, 4) is 0 Å². The molecule has 0 aliphatic carbocycles. The van der Waals surface area contributed by atoms with Gasteiger partial charge in [0.15, 0.2) is 6.10 Å². The smallest absolute Gasteiger partial charge is 0.416 e. The van der Waals surface area contributed by atoms with Crippen LogP contribution in [-0.2, 0) is 21.9 Å². The molecule has 140 valence electrons. The number of hydrogen-bond acceptors (Lipinski definition) is 3. The number of amides is 1. The molecule has 10 heteroatoms. The van der Waals surface area contributed by atoms with Gasteiger partial charge in [-0.25, -0.2) is 4.79 Å². The third-order valence-corrected chi connectivity index (χ3v) is 2.91. The molecule has 1 aromatic rings. The second-order valence-electron chi connectivity index (χ2n) is 5.51. The first-order chi connectivity index (χ1) is 11.2. The van der Waals surface area contributed by atoms with Gasteiger partial charge in [0.1, 0.15) is 0 Å². The summed E-state index contributed by atoms with van der Waals surface area (Å²) >= 11 is 0. The summed E-state index contributed by atoms with van der Waals surface area (Å²) in [4.78, 5) is 23.5. The third kappa shape index (κ3) is 5.95. The SMILES string of the molecule is CC(C)NC(=O)C(C)OC(=O)c1cc(C(F)(F)F)cc(C(F)(F)F)c1. The molecule has 4 nitrogen and oxygen atoms in total. The second kappa shape index (κ2) is 7.32. The molecular weight excluding hydrogens is 356 g/mol. The molecule has 0 aliphatic heterocycles. The largest absolute Gasteiger partial charge is 0.449 e. The number of hydrogen-bond donors (Lipinski definition) is 1. The van der Waals surface area contributed by atoms with Crippen molar-refractivity contribution in [2.45, 2.75) is 45.3 Å². The van der Waals surface area contributed by atoms with Crippen molar-refractivity contribution >= 4 is 11.9 Å². The average Bonchev–Trinajstić information content (AvgIpc) is 2.44. The molecule has 1 unspecified atom stereocenters. The van der Waals surface area contributed by atoms with Crippen molar-refractivity contribution in [1.29, 1.82) is 0 Å². The standard InChI is InChI=1S/C15H15F6NO3/c1-7(2)22-12(23)8(3)25-13(24)9-4-10(14(16,17)18)6-11(5-9)15(19,20)21/h4-8H,1-3H3,(H,22,23). The fourth-order valence-electron chi connectivity index (χ4n) is 1.76. The predicted octanol–water partition coefficient (Wildman–Crippen LogP) is 3.79. The normalized spacial score (nSPS) is 13.5. The predicted molar refractivity (Wildman–Crippen MR) is 74.6 cm³/mol. The topological polar surface area (TPSA) is 55.4 Å². The van der Waals surface area contributed by atoms with Crippen molar-refractivity contribution in [3.63, 3.8) is 0 Å². The van der Waals surface area contributed by atoms with Crippen LogP contribution in [0.5, 0.6) is 0 Å². The highest BCUT2D eigenvalue weighted by Gasteiger charge is 2.38. The molecule has 1 rings (SSSR count). The van der Waals surface area contributed by atoms with Gasteiger partial charge in [0, 0.05) is 6.04 Å². The third-order valence-electron chi connectivity index (χ3n) is 2.91. The molecule has 0 bridgehead atoms. The van der Waals surface area contributed by atoms with Gasteiger partial charge >= 0.3 is 18.3 Å². The Labute approximate surface area is 139 Å². The van der Waals surface area contributed by atoms with Crippen molar-refractivity contribution in [2.24, 2.45) is 0 Å². The van der Waals surface area contributed by atoms with E-state index < -0.39 is 47.0 Å². The summed E-state index contributed by atoms with van der Waals surface area (Å²) in [6.45, 7) is 4.39. The summed E-state index contributed by atoms with van der Waals surface area (Å²) in [7, 11) is 0. The molecule has 0 aromatic heterocycles. The van der Waals surface area contributed by atoms with E-state index in [-0.39, 0.29) is 24.2 Å². The number of nitrogens with one attached hydrogen (secondary N) is 1. The van der Waals surface area contributed by atoms with Gasteiger partial charge in [-0.1, -0.05) is 0 Å². The van der Waals surface area contributed by atoms with Crippen molar-refractivity contribution in [3.05, 3.63) is 34.9 Å². The van der Waals surface area contributed by atoms with Gasteiger partial charge in [-0.15, -0.1) is 0 Å². The molecule has 0 fully saturated rings.